The SMILES string of the molecule is O=C(CCS(=O)(=O)Cc1cccc(Cl)c1)NC1CCCCC1. The lowest BCUT2D eigenvalue weighted by Gasteiger charge is -2.22. The van der Waals surface area contributed by atoms with Gasteiger partial charge in [-0.1, -0.05) is 43.0 Å². The first-order valence-electron chi connectivity index (χ1n) is 7.69. The van der Waals surface area contributed by atoms with Gasteiger partial charge in [-0.15, -0.1) is 0 Å². The third kappa shape index (κ3) is 5.97. The number of sulfone groups is 1. The van der Waals surface area contributed by atoms with Crippen molar-refractivity contribution in [1.82, 2.24) is 5.32 Å². The molecule has 6 heteroatoms. The average Bonchev–Trinajstić information content (AvgIpc) is 2.46. The molecule has 1 N–H and O–H groups in total. The van der Waals surface area contributed by atoms with Crippen molar-refractivity contribution in [2.75, 3.05) is 5.75 Å². The minimum Gasteiger partial charge on any atom is -0.353 e. The van der Waals surface area contributed by atoms with Crippen LogP contribution in [0.3, 0.4) is 0 Å². The Morgan fingerprint density at radius 3 is 2.64 bits per heavy atom. The highest BCUT2D eigenvalue weighted by Gasteiger charge is 2.18. The molecule has 1 fully saturated rings. The maximum absolute atomic E-state index is 12.1. The summed E-state index contributed by atoms with van der Waals surface area (Å²) in [5, 5.41) is 3.46. The predicted octanol–water partition coefficient (Wildman–Crippen LogP) is 3.09. The van der Waals surface area contributed by atoms with Crippen molar-refractivity contribution in [2.24, 2.45) is 0 Å². The van der Waals surface area contributed by atoms with E-state index in [2.05, 4.69) is 5.32 Å². The molecule has 0 saturated heterocycles. The molecule has 1 amide bonds. The molecule has 0 heterocycles. The lowest BCUT2D eigenvalue weighted by molar-refractivity contribution is -0.121. The summed E-state index contributed by atoms with van der Waals surface area (Å²) >= 11 is 5.85. The maximum Gasteiger partial charge on any atom is 0.221 e. The van der Waals surface area contributed by atoms with Gasteiger partial charge in [0, 0.05) is 17.5 Å². The summed E-state index contributed by atoms with van der Waals surface area (Å²) in [6.45, 7) is 0. The first kappa shape index (κ1) is 17.3. The Morgan fingerprint density at radius 2 is 1.95 bits per heavy atom. The molecule has 4 nitrogen and oxygen atoms in total. The highest BCUT2D eigenvalue weighted by molar-refractivity contribution is 7.90. The fourth-order valence-corrected chi connectivity index (χ4v) is 4.29. The Hall–Kier alpha value is -1.07. The van der Waals surface area contributed by atoms with Crippen molar-refractivity contribution < 1.29 is 13.2 Å². The van der Waals surface area contributed by atoms with Gasteiger partial charge in [-0.2, -0.15) is 0 Å². The maximum atomic E-state index is 12.1. The van der Waals surface area contributed by atoms with Crippen molar-refractivity contribution in [3.05, 3.63) is 34.9 Å². The monoisotopic (exact) mass is 343 g/mol. The van der Waals surface area contributed by atoms with E-state index in [4.69, 9.17) is 11.6 Å². The van der Waals surface area contributed by atoms with Gasteiger partial charge in [-0.05, 0) is 30.5 Å². The summed E-state index contributed by atoms with van der Waals surface area (Å²) in [7, 11) is -3.31. The summed E-state index contributed by atoms with van der Waals surface area (Å²) in [6, 6.07) is 7.02. The van der Waals surface area contributed by atoms with Crippen LogP contribution in [0.5, 0.6) is 0 Å². The number of carbonyl (C=O) groups is 1. The minimum atomic E-state index is -3.31. The topological polar surface area (TPSA) is 63.2 Å². The molecule has 0 aliphatic heterocycles. The van der Waals surface area contributed by atoms with Gasteiger partial charge < -0.3 is 5.32 Å². The largest absolute Gasteiger partial charge is 0.353 e. The number of rotatable bonds is 6. The normalized spacial score (nSPS) is 16.4. The van der Waals surface area contributed by atoms with Crippen LogP contribution in [0.2, 0.25) is 5.02 Å². The molecule has 1 saturated carbocycles. The van der Waals surface area contributed by atoms with Crippen LogP contribution < -0.4 is 5.32 Å². The van der Waals surface area contributed by atoms with E-state index < -0.39 is 9.84 Å². The Morgan fingerprint density at radius 1 is 1.23 bits per heavy atom. The van der Waals surface area contributed by atoms with E-state index in [1.54, 1.807) is 24.3 Å². The van der Waals surface area contributed by atoms with E-state index in [9.17, 15) is 13.2 Å². The fraction of sp³-hybridized carbons (Fsp3) is 0.562. The van der Waals surface area contributed by atoms with E-state index in [1.807, 2.05) is 0 Å². The van der Waals surface area contributed by atoms with Crippen molar-refractivity contribution in [2.45, 2.75) is 50.3 Å². The molecule has 1 aliphatic rings. The van der Waals surface area contributed by atoms with Crippen LogP contribution in [0, 0.1) is 0 Å². The van der Waals surface area contributed by atoms with Gasteiger partial charge in [0.05, 0.1) is 11.5 Å². The Balaban J connectivity index is 1.80. The molecule has 0 spiro atoms. The number of hydrogen-bond acceptors (Lipinski definition) is 3. The molecule has 122 valence electrons. The van der Waals surface area contributed by atoms with Crippen LogP contribution in [0.15, 0.2) is 24.3 Å². The fourth-order valence-electron chi connectivity index (χ4n) is 2.75. The lowest BCUT2D eigenvalue weighted by atomic mass is 9.95. The molecule has 1 aromatic rings. The Kier molecular flexibility index (Phi) is 6.26. The number of amides is 1. The number of hydrogen-bond donors (Lipinski definition) is 1. The van der Waals surface area contributed by atoms with Crippen LogP contribution in [0.1, 0.15) is 44.1 Å². The Bertz CT molecular complexity index is 610. The van der Waals surface area contributed by atoms with E-state index in [1.165, 1.54) is 6.42 Å². The van der Waals surface area contributed by atoms with E-state index in [0.717, 1.165) is 25.7 Å². The molecule has 1 aromatic carbocycles. The summed E-state index contributed by atoms with van der Waals surface area (Å²) < 4.78 is 24.2. The van der Waals surface area contributed by atoms with Gasteiger partial charge in [-0.25, -0.2) is 8.42 Å². The zero-order chi connectivity index (χ0) is 16.0. The standard InChI is InChI=1S/C16H22ClNO3S/c17-14-6-4-5-13(11-14)12-22(20,21)10-9-16(19)18-15-7-2-1-3-8-15/h4-6,11,15H,1-3,7-10,12H2,(H,18,19). The highest BCUT2D eigenvalue weighted by Crippen LogP contribution is 2.18. The summed E-state index contributed by atoms with van der Waals surface area (Å²) in [5.41, 5.74) is 0.653. The van der Waals surface area contributed by atoms with E-state index in [-0.39, 0.29) is 29.9 Å². The lowest BCUT2D eigenvalue weighted by Crippen LogP contribution is -2.37. The summed E-state index contributed by atoms with van der Waals surface area (Å²) in [4.78, 5) is 11.9. The van der Waals surface area contributed by atoms with Crippen LogP contribution in [-0.2, 0) is 20.4 Å². The summed E-state index contributed by atoms with van der Waals surface area (Å²) in [5.74, 6) is -0.371. The van der Waals surface area contributed by atoms with Crippen LogP contribution >= 0.6 is 11.6 Å². The second kappa shape index (κ2) is 7.97. The predicted molar refractivity (Wildman–Crippen MR) is 88.6 cm³/mol. The van der Waals surface area contributed by atoms with Gasteiger partial charge in [0.15, 0.2) is 9.84 Å². The number of benzene rings is 1. The number of nitrogens with one attached hydrogen (secondary N) is 1. The first-order valence-corrected chi connectivity index (χ1v) is 9.89. The van der Waals surface area contributed by atoms with Gasteiger partial charge in [0.25, 0.3) is 0 Å². The number of halogens is 1. The zero-order valence-electron chi connectivity index (χ0n) is 12.6. The molecule has 0 aromatic heterocycles. The average molecular weight is 344 g/mol. The van der Waals surface area contributed by atoms with Crippen LogP contribution in [0.25, 0.3) is 0 Å². The molecule has 1 aliphatic carbocycles. The van der Waals surface area contributed by atoms with Crippen LogP contribution in [-0.4, -0.2) is 26.1 Å². The van der Waals surface area contributed by atoms with E-state index >= 15 is 0 Å². The molecule has 0 atom stereocenters. The highest BCUT2D eigenvalue weighted by atomic mass is 35.5. The molecule has 0 radical (unpaired) electrons. The second-order valence-corrected chi connectivity index (χ2v) is 8.49. The summed E-state index contributed by atoms with van der Waals surface area (Å²) in [6.07, 6.45) is 5.53. The molecular formula is C16H22ClNO3S. The molecule has 22 heavy (non-hydrogen) atoms. The van der Waals surface area contributed by atoms with Gasteiger partial charge in [-0.3, -0.25) is 4.79 Å². The third-order valence-electron chi connectivity index (χ3n) is 3.89. The van der Waals surface area contributed by atoms with Crippen molar-refractivity contribution >= 4 is 27.3 Å². The van der Waals surface area contributed by atoms with Gasteiger partial charge >= 0.3 is 0 Å². The Labute approximate surface area is 137 Å². The molecule has 2 rings (SSSR count). The van der Waals surface area contributed by atoms with Crippen LogP contribution in [0.4, 0.5) is 0 Å². The number of carbonyl (C=O) groups excluding carboxylic acids is 1. The van der Waals surface area contributed by atoms with Crippen molar-refractivity contribution in [3.63, 3.8) is 0 Å². The minimum absolute atomic E-state index is 0.0272. The second-order valence-electron chi connectivity index (χ2n) is 5.87. The first-order chi connectivity index (χ1) is 10.4. The van der Waals surface area contributed by atoms with Crippen molar-refractivity contribution in [1.29, 1.82) is 0 Å². The quantitative estimate of drug-likeness (QED) is 0.863. The zero-order valence-corrected chi connectivity index (χ0v) is 14.1. The van der Waals surface area contributed by atoms with Gasteiger partial charge in [0.1, 0.15) is 0 Å². The molecular weight excluding hydrogens is 322 g/mol. The smallest absolute Gasteiger partial charge is 0.221 e. The molecule has 0 unspecified atom stereocenters. The third-order valence-corrected chi connectivity index (χ3v) is 5.72. The van der Waals surface area contributed by atoms with E-state index in [0.29, 0.717) is 10.6 Å². The van der Waals surface area contributed by atoms with Crippen molar-refractivity contribution in [3.8, 4) is 0 Å². The van der Waals surface area contributed by atoms with Gasteiger partial charge in [0.2, 0.25) is 5.91 Å². The molecule has 0 bridgehead atoms.